The Morgan fingerprint density at radius 2 is 2.36 bits per heavy atom. The molecule has 0 saturated carbocycles. The van der Waals surface area contributed by atoms with E-state index in [9.17, 15) is 0 Å². The van der Waals surface area contributed by atoms with Gasteiger partial charge in [-0.05, 0) is 17.4 Å². The second-order valence-electron chi connectivity index (χ2n) is 2.07. The fourth-order valence-electron chi connectivity index (χ4n) is 0.723. The fourth-order valence-corrected chi connectivity index (χ4v) is 1.47. The SMILES string of the molecule is CCSc1ccc(CCl)cn1. The van der Waals surface area contributed by atoms with E-state index in [0.717, 1.165) is 16.3 Å². The first-order valence-electron chi connectivity index (χ1n) is 3.50. The van der Waals surface area contributed by atoms with E-state index in [-0.39, 0.29) is 0 Å². The molecule has 1 heterocycles. The molecule has 0 N–H and O–H groups in total. The summed E-state index contributed by atoms with van der Waals surface area (Å²) in [6.45, 7) is 2.11. The maximum Gasteiger partial charge on any atom is 0.0959 e. The van der Waals surface area contributed by atoms with Crippen molar-refractivity contribution in [1.29, 1.82) is 0 Å². The van der Waals surface area contributed by atoms with Crippen LogP contribution in [-0.4, -0.2) is 10.7 Å². The molecule has 1 aromatic rings. The number of alkyl halides is 1. The van der Waals surface area contributed by atoms with E-state index in [4.69, 9.17) is 11.6 Å². The van der Waals surface area contributed by atoms with Gasteiger partial charge < -0.3 is 0 Å². The molecule has 1 rings (SSSR count). The minimum absolute atomic E-state index is 0.546. The van der Waals surface area contributed by atoms with Gasteiger partial charge in [0.05, 0.1) is 5.03 Å². The van der Waals surface area contributed by atoms with Crippen molar-refractivity contribution in [2.75, 3.05) is 5.75 Å². The number of hydrogen-bond donors (Lipinski definition) is 0. The first-order chi connectivity index (χ1) is 5.36. The van der Waals surface area contributed by atoms with Crippen molar-refractivity contribution in [3.05, 3.63) is 23.9 Å². The van der Waals surface area contributed by atoms with E-state index >= 15 is 0 Å². The largest absolute Gasteiger partial charge is 0.250 e. The highest BCUT2D eigenvalue weighted by atomic mass is 35.5. The molecule has 0 spiro atoms. The van der Waals surface area contributed by atoms with Gasteiger partial charge in [-0.3, -0.25) is 0 Å². The maximum absolute atomic E-state index is 5.61. The molecule has 0 bridgehead atoms. The molecule has 60 valence electrons. The minimum atomic E-state index is 0.546. The third kappa shape index (κ3) is 2.72. The number of aromatic nitrogens is 1. The number of thioether (sulfide) groups is 1. The molecule has 0 fully saturated rings. The Morgan fingerprint density at radius 3 is 2.82 bits per heavy atom. The molecule has 0 saturated heterocycles. The predicted octanol–water partition coefficient (Wildman–Crippen LogP) is 2.93. The first-order valence-corrected chi connectivity index (χ1v) is 5.02. The molecule has 3 heteroatoms. The van der Waals surface area contributed by atoms with Crippen LogP contribution < -0.4 is 0 Å². The molecule has 0 aliphatic carbocycles. The van der Waals surface area contributed by atoms with Crippen LogP contribution in [0.3, 0.4) is 0 Å². The van der Waals surface area contributed by atoms with Gasteiger partial charge in [-0.15, -0.1) is 23.4 Å². The van der Waals surface area contributed by atoms with Gasteiger partial charge in [0.1, 0.15) is 0 Å². The van der Waals surface area contributed by atoms with E-state index in [1.165, 1.54) is 0 Å². The smallest absolute Gasteiger partial charge is 0.0959 e. The van der Waals surface area contributed by atoms with E-state index in [1.807, 2.05) is 18.3 Å². The summed E-state index contributed by atoms with van der Waals surface area (Å²) in [5.74, 6) is 1.61. The summed E-state index contributed by atoms with van der Waals surface area (Å²) in [6, 6.07) is 4.02. The number of rotatable bonds is 3. The summed E-state index contributed by atoms with van der Waals surface area (Å²) in [5, 5.41) is 1.07. The predicted molar refractivity (Wildman–Crippen MR) is 50.2 cm³/mol. The lowest BCUT2D eigenvalue weighted by atomic mass is 10.3. The maximum atomic E-state index is 5.61. The standard InChI is InChI=1S/C8H10ClNS/c1-2-11-8-4-3-7(5-9)6-10-8/h3-4,6H,2,5H2,1H3. The Labute approximate surface area is 76.2 Å². The van der Waals surface area contributed by atoms with Crippen molar-refractivity contribution in [3.63, 3.8) is 0 Å². The van der Waals surface area contributed by atoms with Crippen LogP contribution in [0.5, 0.6) is 0 Å². The van der Waals surface area contributed by atoms with Crippen LogP contribution in [0.4, 0.5) is 0 Å². The lowest BCUT2D eigenvalue weighted by Gasteiger charge is -1.97. The van der Waals surface area contributed by atoms with E-state index in [2.05, 4.69) is 11.9 Å². The van der Waals surface area contributed by atoms with E-state index < -0.39 is 0 Å². The molecule has 0 aliphatic rings. The summed E-state index contributed by atoms with van der Waals surface area (Å²) in [7, 11) is 0. The van der Waals surface area contributed by atoms with Crippen LogP contribution in [0, 0.1) is 0 Å². The minimum Gasteiger partial charge on any atom is -0.250 e. The Bertz CT molecular complexity index is 210. The van der Waals surface area contributed by atoms with Gasteiger partial charge in [0.25, 0.3) is 0 Å². The Kier molecular flexibility index (Phi) is 3.73. The highest BCUT2D eigenvalue weighted by Gasteiger charge is 1.93. The second-order valence-corrected chi connectivity index (χ2v) is 3.62. The molecular formula is C8H10ClNS. The van der Waals surface area contributed by atoms with Crippen LogP contribution in [-0.2, 0) is 5.88 Å². The molecular weight excluding hydrogens is 178 g/mol. The third-order valence-electron chi connectivity index (χ3n) is 1.24. The molecule has 0 unspecified atom stereocenters. The molecule has 11 heavy (non-hydrogen) atoms. The lowest BCUT2D eigenvalue weighted by molar-refractivity contribution is 1.10. The van der Waals surface area contributed by atoms with Gasteiger partial charge in [-0.1, -0.05) is 13.0 Å². The number of nitrogens with zero attached hydrogens (tertiary/aromatic N) is 1. The van der Waals surface area contributed by atoms with E-state index in [0.29, 0.717) is 5.88 Å². The zero-order valence-corrected chi connectivity index (χ0v) is 7.95. The summed E-state index contributed by atoms with van der Waals surface area (Å²) in [6.07, 6.45) is 1.82. The average Bonchev–Trinajstić information content (AvgIpc) is 2.07. The second kappa shape index (κ2) is 4.62. The van der Waals surface area contributed by atoms with Gasteiger partial charge in [0, 0.05) is 12.1 Å². The number of hydrogen-bond acceptors (Lipinski definition) is 2. The van der Waals surface area contributed by atoms with Crippen molar-refractivity contribution in [2.45, 2.75) is 17.8 Å². The normalized spacial score (nSPS) is 10.0. The van der Waals surface area contributed by atoms with Crippen LogP contribution in [0.25, 0.3) is 0 Å². The van der Waals surface area contributed by atoms with Crippen LogP contribution >= 0.6 is 23.4 Å². The molecule has 0 radical (unpaired) electrons. The first kappa shape index (κ1) is 8.88. The number of halogens is 1. The zero-order valence-electron chi connectivity index (χ0n) is 6.38. The van der Waals surface area contributed by atoms with Crippen molar-refractivity contribution in [1.82, 2.24) is 4.98 Å². The Morgan fingerprint density at radius 1 is 1.55 bits per heavy atom. The van der Waals surface area contributed by atoms with Gasteiger partial charge >= 0.3 is 0 Å². The molecule has 1 nitrogen and oxygen atoms in total. The summed E-state index contributed by atoms with van der Waals surface area (Å²) in [5.41, 5.74) is 1.08. The lowest BCUT2D eigenvalue weighted by Crippen LogP contribution is -1.82. The molecule has 0 atom stereocenters. The van der Waals surface area contributed by atoms with E-state index in [1.54, 1.807) is 11.8 Å². The summed E-state index contributed by atoms with van der Waals surface area (Å²) < 4.78 is 0. The van der Waals surface area contributed by atoms with Crippen LogP contribution in [0.2, 0.25) is 0 Å². The van der Waals surface area contributed by atoms with Crippen molar-refractivity contribution in [3.8, 4) is 0 Å². The summed E-state index contributed by atoms with van der Waals surface area (Å²) >= 11 is 7.35. The topological polar surface area (TPSA) is 12.9 Å². The van der Waals surface area contributed by atoms with Crippen LogP contribution in [0.15, 0.2) is 23.4 Å². The average molecular weight is 188 g/mol. The monoisotopic (exact) mass is 187 g/mol. The van der Waals surface area contributed by atoms with Gasteiger partial charge in [0.2, 0.25) is 0 Å². The molecule has 0 amide bonds. The Balaban J connectivity index is 2.66. The van der Waals surface area contributed by atoms with Crippen molar-refractivity contribution < 1.29 is 0 Å². The molecule has 0 aromatic carbocycles. The highest BCUT2D eigenvalue weighted by Crippen LogP contribution is 2.14. The highest BCUT2D eigenvalue weighted by molar-refractivity contribution is 7.99. The van der Waals surface area contributed by atoms with Crippen molar-refractivity contribution in [2.24, 2.45) is 0 Å². The summed E-state index contributed by atoms with van der Waals surface area (Å²) in [4.78, 5) is 4.22. The van der Waals surface area contributed by atoms with Gasteiger partial charge in [0.15, 0.2) is 0 Å². The van der Waals surface area contributed by atoms with Crippen molar-refractivity contribution >= 4 is 23.4 Å². The molecule has 1 aromatic heterocycles. The third-order valence-corrected chi connectivity index (χ3v) is 2.38. The molecule has 0 aliphatic heterocycles. The van der Waals surface area contributed by atoms with Crippen LogP contribution in [0.1, 0.15) is 12.5 Å². The number of pyridine rings is 1. The zero-order chi connectivity index (χ0) is 8.10. The quantitative estimate of drug-likeness (QED) is 0.533. The fraction of sp³-hybridized carbons (Fsp3) is 0.375. The van der Waals surface area contributed by atoms with Gasteiger partial charge in [-0.2, -0.15) is 0 Å². The Hall–Kier alpha value is -0.210. The van der Waals surface area contributed by atoms with Gasteiger partial charge in [-0.25, -0.2) is 4.98 Å².